The highest BCUT2D eigenvalue weighted by Gasteiger charge is 2.26. The normalized spacial score (nSPS) is 11.9. The van der Waals surface area contributed by atoms with E-state index in [1.54, 1.807) is 6.07 Å². The molecule has 0 saturated carbocycles. The van der Waals surface area contributed by atoms with E-state index in [1.807, 2.05) is 54.6 Å². The molecule has 0 atom stereocenters. The van der Waals surface area contributed by atoms with Crippen LogP contribution in [0.5, 0.6) is 0 Å². The lowest BCUT2D eigenvalue weighted by Crippen LogP contribution is -2.57. The first-order chi connectivity index (χ1) is 34.0. The average Bonchev–Trinajstić information content (AvgIpc) is 4.06. The molecule has 28 radical (unpaired) electrons. The van der Waals surface area contributed by atoms with E-state index < -0.39 is 0 Å². The summed E-state index contributed by atoms with van der Waals surface area (Å²) in [5, 5.41) is 5.87. The molecule has 0 saturated heterocycles. The van der Waals surface area contributed by atoms with Gasteiger partial charge in [-0.2, -0.15) is 0 Å². The SMILES string of the molecule is [B]c1c([B])c([B])c(-c2nc(-c3ccc4c(c3)oc3ccc(-n5c6ccccc6c6ccc7c8ccccc8oc7c65)cc34)nc(-c3c([B])c([B])c([B])c(-c4c([B])c([B])c([B])c([B])c4[B])c3[B])n2)c([B])c1[B]. The Kier molecular flexibility index (Phi) is 10.4. The van der Waals surface area contributed by atoms with Crippen molar-refractivity contribution in [3.8, 4) is 51.0 Å². The smallest absolute Gasteiger partial charge is 0.164 e. The van der Waals surface area contributed by atoms with Crippen LogP contribution in [0.2, 0.25) is 0 Å². The van der Waals surface area contributed by atoms with Gasteiger partial charge in [0.05, 0.1) is 11.0 Å². The Labute approximate surface area is 426 Å². The van der Waals surface area contributed by atoms with Crippen molar-refractivity contribution in [1.29, 1.82) is 0 Å². The molecule has 12 rings (SSSR count). The van der Waals surface area contributed by atoms with E-state index in [4.69, 9.17) is 134 Å². The summed E-state index contributed by atoms with van der Waals surface area (Å²) in [4.78, 5) is 14.6. The van der Waals surface area contributed by atoms with Crippen LogP contribution in [-0.2, 0) is 0 Å². The number of rotatable bonds is 5. The van der Waals surface area contributed by atoms with Gasteiger partial charge in [0, 0.05) is 54.7 Å². The monoisotopic (exact) mass is 870 g/mol. The van der Waals surface area contributed by atoms with Crippen molar-refractivity contribution in [2.24, 2.45) is 0 Å². The van der Waals surface area contributed by atoms with E-state index in [0.29, 0.717) is 16.7 Å². The van der Waals surface area contributed by atoms with Crippen LogP contribution in [0.15, 0.2) is 106 Å². The molecular weight excluding hydrogens is 852 g/mol. The van der Waals surface area contributed by atoms with Gasteiger partial charge in [-0.1, -0.05) is 86.8 Å². The molecule has 0 aliphatic heterocycles. The minimum atomic E-state index is -0.105. The first-order valence-corrected chi connectivity index (χ1v) is 21.9. The summed E-state index contributed by atoms with van der Waals surface area (Å²) < 4.78 is 15.4. The highest BCUT2D eigenvalue weighted by atomic mass is 16.3. The summed E-state index contributed by atoms with van der Waals surface area (Å²) in [6.07, 6.45) is 0. The summed E-state index contributed by atoms with van der Waals surface area (Å²) >= 11 is 0. The topological polar surface area (TPSA) is 69.9 Å². The largest absolute Gasteiger partial charge is 0.456 e. The average molecular weight is 868 g/mol. The van der Waals surface area contributed by atoms with Crippen molar-refractivity contribution in [3.63, 3.8) is 0 Å². The van der Waals surface area contributed by atoms with Crippen molar-refractivity contribution < 1.29 is 8.83 Å². The number of hydrogen-bond donors (Lipinski definition) is 0. The highest BCUT2D eigenvalue weighted by molar-refractivity contribution is 6.71. The lowest BCUT2D eigenvalue weighted by molar-refractivity contribution is 0.669. The van der Waals surface area contributed by atoms with Crippen LogP contribution in [0, 0.1) is 0 Å². The van der Waals surface area contributed by atoms with Crippen molar-refractivity contribution >= 4 is 252 Å². The third-order valence-electron chi connectivity index (χ3n) is 13.5. The minimum Gasteiger partial charge on any atom is -0.456 e. The van der Waals surface area contributed by atoms with Gasteiger partial charge in [0.1, 0.15) is 127 Å². The van der Waals surface area contributed by atoms with Gasteiger partial charge in [-0.3, -0.25) is 0 Å². The predicted molar refractivity (Wildman–Crippen MR) is 306 cm³/mol. The summed E-state index contributed by atoms with van der Waals surface area (Å²) in [5.41, 5.74) is 5.50. The van der Waals surface area contributed by atoms with Gasteiger partial charge >= 0.3 is 0 Å². The zero-order chi connectivity index (χ0) is 49.6. The number of para-hydroxylation sites is 2. The van der Waals surface area contributed by atoms with Crippen LogP contribution in [0.1, 0.15) is 0 Å². The molecular formula is C51H16B14N4O2. The van der Waals surface area contributed by atoms with Crippen molar-refractivity contribution in [1.82, 2.24) is 19.5 Å². The molecule has 0 unspecified atom stereocenters. The maximum atomic E-state index is 7.00. The molecule has 12 aromatic rings. The molecule has 0 aliphatic rings. The molecule has 0 amide bonds. The lowest BCUT2D eigenvalue weighted by atomic mass is 9.56. The molecule has 71 heavy (non-hydrogen) atoms. The van der Waals surface area contributed by atoms with Crippen molar-refractivity contribution in [2.45, 2.75) is 0 Å². The van der Waals surface area contributed by atoms with E-state index in [9.17, 15) is 0 Å². The van der Waals surface area contributed by atoms with Crippen LogP contribution in [0.3, 0.4) is 0 Å². The standard InChI is InChI=1S/C51H16B14N4O2/c52-33-29(30-35(54)41(60)45(64)42(61)36(30)55)34(53)40(59)37(56)31(33)50-66-49(67-51(68-50)32-38(57)43(62)46(65)44(63)39(32)58)17-9-11-21-24-16-18(10-14-27(24)70-28(21)15-17)69-25-7-3-1-5-19(25)22-12-13-23-20-6-2-4-8-26(20)71-48(23)47(22)69/h1-16H. The summed E-state index contributed by atoms with van der Waals surface area (Å²) in [7, 11) is 90.8. The third kappa shape index (κ3) is 6.51. The van der Waals surface area contributed by atoms with E-state index in [0.717, 1.165) is 60.2 Å². The van der Waals surface area contributed by atoms with Crippen LogP contribution in [-0.4, -0.2) is 129 Å². The minimum absolute atomic E-state index is 0.0141. The van der Waals surface area contributed by atoms with Crippen LogP contribution in [0.4, 0.5) is 0 Å². The molecule has 0 aliphatic carbocycles. The number of benzene rings is 8. The number of furan rings is 2. The van der Waals surface area contributed by atoms with E-state index >= 15 is 0 Å². The van der Waals surface area contributed by atoms with Crippen molar-refractivity contribution in [3.05, 3.63) is 97.1 Å². The molecule has 8 aromatic carbocycles. The van der Waals surface area contributed by atoms with Crippen LogP contribution in [0.25, 0.3) is 117 Å². The Morgan fingerprint density at radius 2 is 0.789 bits per heavy atom. The van der Waals surface area contributed by atoms with E-state index in [-0.39, 0.29) is 116 Å². The fourth-order valence-electron chi connectivity index (χ4n) is 9.82. The Morgan fingerprint density at radius 3 is 1.44 bits per heavy atom. The molecule has 4 aromatic heterocycles. The van der Waals surface area contributed by atoms with Gasteiger partial charge in [0.15, 0.2) is 23.1 Å². The number of nitrogens with zero attached hydrogens (tertiary/aromatic N) is 4. The maximum Gasteiger partial charge on any atom is 0.164 e. The highest BCUT2D eigenvalue weighted by Crippen LogP contribution is 2.41. The van der Waals surface area contributed by atoms with Crippen LogP contribution >= 0.6 is 0 Å². The predicted octanol–water partition coefficient (Wildman–Crippen LogP) is -3.45. The molecule has 0 fully saturated rings. The Hall–Kier alpha value is -6.92. The lowest BCUT2D eigenvalue weighted by Gasteiger charge is -2.28. The second kappa shape index (κ2) is 16.3. The van der Waals surface area contributed by atoms with Gasteiger partial charge < -0.3 is 13.4 Å². The van der Waals surface area contributed by atoms with Gasteiger partial charge in [-0.05, 0) is 59.7 Å². The zero-order valence-electron chi connectivity index (χ0n) is 37.4. The Morgan fingerprint density at radius 1 is 0.324 bits per heavy atom. The fourth-order valence-corrected chi connectivity index (χ4v) is 9.82. The van der Waals surface area contributed by atoms with Gasteiger partial charge in [0.2, 0.25) is 0 Å². The van der Waals surface area contributed by atoms with Crippen LogP contribution < -0.4 is 76.5 Å². The summed E-state index contributed by atoms with van der Waals surface area (Å²) in [5.74, 6) is -0.0850. The Balaban J connectivity index is 1.07. The second-order valence-corrected chi connectivity index (χ2v) is 17.4. The zero-order valence-corrected chi connectivity index (χ0v) is 37.4. The van der Waals surface area contributed by atoms with Gasteiger partial charge in [0.25, 0.3) is 0 Å². The Bertz CT molecular complexity index is 4320. The maximum absolute atomic E-state index is 7.00. The molecule has 0 N–H and O–H groups in total. The van der Waals surface area contributed by atoms with E-state index in [1.165, 1.54) is 0 Å². The van der Waals surface area contributed by atoms with E-state index in [2.05, 4.69) is 41.0 Å². The molecule has 0 bridgehead atoms. The van der Waals surface area contributed by atoms with Crippen molar-refractivity contribution in [2.75, 3.05) is 0 Å². The molecule has 20 heteroatoms. The first kappa shape index (κ1) is 45.2. The number of hydrogen-bond acceptors (Lipinski definition) is 5. The van der Waals surface area contributed by atoms with Gasteiger partial charge in [-0.15, -0.1) is 38.2 Å². The van der Waals surface area contributed by atoms with Gasteiger partial charge in [-0.25, -0.2) is 15.0 Å². The summed E-state index contributed by atoms with van der Waals surface area (Å²) in [6.45, 7) is 0. The fraction of sp³-hybridized carbons (Fsp3) is 0. The second-order valence-electron chi connectivity index (χ2n) is 17.4. The molecule has 294 valence electrons. The molecule has 6 nitrogen and oxygen atoms in total. The molecule has 0 spiro atoms. The third-order valence-corrected chi connectivity index (χ3v) is 13.5. The number of aromatic nitrogens is 4. The number of fused-ring (bicyclic) bond motifs is 10. The quantitative estimate of drug-likeness (QED) is 0.169. The molecule has 4 heterocycles. The first-order valence-electron chi connectivity index (χ1n) is 21.9. The summed E-state index contributed by atoms with van der Waals surface area (Å²) in [6, 6.07) is 32.2.